The maximum absolute atomic E-state index is 10.9. The summed E-state index contributed by atoms with van der Waals surface area (Å²) in [7, 11) is 0. The number of aryl methyl sites for hydroxylation is 1. The maximum Gasteiger partial charge on any atom is 0.384 e. The van der Waals surface area contributed by atoms with Crippen molar-refractivity contribution in [1.82, 2.24) is 0 Å². The van der Waals surface area contributed by atoms with Crippen LogP contribution in [0.15, 0.2) is 30.3 Å². The van der Waals surface area contributed by atoms with Crippen molar-refractivity contribution in [2.24, 2.45) is 0 Å². The van der Waals surface area contributed by atoms with Crippen LogP contribution in [0, 0.1) is 11.8 Å². The lowest BCUT2D eigenvalue weighted by Crippen LogP contribution is -1.99. The number of hydrogen-bond donors (Lipinski definition) is 0. The van der Waals surface area contributed by atoms with E-state index < -0.39 is 5.97 Å². The van der Waals surface area contributed by atoms with Gasteiger partial charge in [-0.2, -0.15) is 0 Å². The second-order valence-corrected chi connectivity index (χ2v) is 3.01. The van der Waals surface area contributed by atoms with Crippen LogP contribution in [0.25, 0.3) is 0 Å². The smallest absolute Gasteiger partial charge is 0.384 e. The lowest BCUT2D eigenvalue weighted by atomic mass is 10.1. The number of ether oxygens (including phenoxy) is 1. The third-order valence-corrected chi connectivity index (χ3v) is 1.85. The molecule has 0 amide bonds. The number of hydrogen-bond acceptors (Lipinski definition) is 2. The Labute approximate surface area is 90.3 Å². The first-order chi connectivity index (χ1) is 7.33. The number of benzene rings is 1. The minimum atomic E-state index is -0.439. The van der Waals surface area contributed by atoms with Crippen molar-refractivity contribution in [1.29, 1.82) is 0 Å². The lowest BCUT2D eigenvalue weighted by molar-refractivity contribution is -0.136. The molecule has 0 saturated heterocycles. The van der Waals surface area contributed by atoms with Gasteiger partial charge >= 0.3 is 5.97 Å². The van der Waals surface area contributed by atoms with E-state index in [0.717, 1.165) is 6.42 Å². The monoisotopic (exact) mass is 202 g/mol. The average Bonchev–Trinajstić information content (AvgIpc) is 2.26. The lowest BCUT2D eigenvalue weighted by Gasteiger charge is -1.94. The Hall–Kier alpha value is -1.75. The van der Waals surface area contributed by atoms with Gasteiger partial charge in [-0.15, -0.1) is 0 Å². The van der Waals surface area contributed by atoms with Crippen LogP contribution < -0.4 is 0 Å². The van der Waals surface area contributed by atoms with Crippen molar-refractivity contribution in [2.45, 2.75) is 19.8 Å². The van der Waals surface area contributed by atoms with Crippen LogP contribution >= 0.6 is 0 Å². The summed E-state index contributed by atoms with van der Waals surface area (Å²) >= 11 is 0. The van der Waals surface area contributed by atoms with E-state index in [1.807, 2.05) is 30.3 Å². The highest BCUT2D eigenvalue weighted by atomic mass is 16.5. The van der Waals surface area contributed by atoms with E-state index in [0.29, 0.717) is 13.0 Å². The van der Waals surface area contributed by atoms with E-state index in [-0.39, 0.29) is 0 Å². The highest BCUT2D eigenvalue weighted by Gasteiger charge is 1.92. The van der Waals surface area contributed by atoms with Gasteiger partial charge in [0.15, 0.2) is 0 Å². The summed E-state index contributed by atoms with van der Waals surface area (Å²) in [4.78, 5) is 10.9. The molecule has 0 atom stereocenters. The van der Waals surface area contributed by atoms with Gasteiger partial charge in [0, 0.05) is 12.3 Å². The molecule has 0 spiro atoms. The van der Waals surface area contributed by atoms with E-state index in [9.17, 15) is 4.79 Å². The van der Waals surface area contributed by atoms with Crippen LogP contribution in [0.4, 0.5) is 0 Å². The fourth-order valence-electron chi connectivity index (χ4n) is 1.15. The highest BCUT2D eigenvalue weighted by molar-refractivity contribution is 5.88. The molecule has 0 radical (unpaired) electrons. The summed E-state index contributed by atoms with van der Waals surface area (Å²) in [5.74, 6) is 4.80. The molecule has 0 aromatic heterocycles. The van der Waals surface area contributed by atoms with Crippen LogP contribution in [0.2, 0.25) is 0 Å². The number of rotatable bonds is 3. The molecule has 15 heavy (non-hydrogen) atoms. The molecular weight excluding hydrogens is 188 g/mol. The Kier molecular flexibility index (Phi) is 5.03. The van der Waals surface area contributed by atoms with Crippen LogP contribution in [-0.4, -0.2) is 12.6 Å². The van der Waals surface area contributed by atoms with Gasteiger partial charge in [0.05, 0.1) is 6.61 Å². The highest BCUT2D eigenvalue weighted by Crippen LogP contribution is 2.00. The van der Waals surface area contributed by atoms with Crippen molar-refractivity contribution in [3.63, 3.8) is 0 Å². The Morgan fingerprint density at radius 1 is 1.33 bits per heavy atom. The molecule has 0 unspecified atom stereocenters. The summed E-state index contributed by atoms with van der Waals surface area (Å²) in [5.41, 5.74) is 1.23. The molecule has 2 heteroatoms. The van der Waals surface area contributed by atoms with Crippen molar-refractivity contribution in [2.75, 3.05) is 6.61 Å². The summed E-state index contributed by atoms with van der Waals surface area (Å²) in [6.07, 6.45) is 1.55. The van der Waals surface area contributed by atoms with E-state index in [1.54, 1.807) is 6.92 Å². The first-order valence-corrected chi connectivity index (χ1v) is 5.02. The first-order valence-electron chi connectivity index (χ1n) is 5.02. The topological polar surface area (TPSA) is 26.3 Å². The van der Waals surface area contributed by atoms with Crippen LogP contribution in [0.1, 0.15) is 18.9 Å². The number of esters is 1. The minimum Gasteiger partial charge on any atom is -0.456 e. The Bertz CT molecular complexity index is 357. The van der Waals surface area contributed by atoms with Gasteiger partial charge in [-0.05, 0) is 18.9 Å². The van der Waals surface area contributed by atoms with Crippen LogP contribution in [0.3, 0.4) is 0 Å². The molecule has 0 N–H and O–H groups in total. The second kappa shape index (κ2) is 6.67. The minimum absolute atomic E-state index is 0.381. The molecule has 0 aliphatic carbocycles. The molecule has 1 aromatic rings. The van der Waals surface area contributed by atoms with Crippen molar-refractivity contribution >= 4 is 5.97 Å². The van der Waals surface area contributed by atoms with E-state index in [2.05, 4.69) is 16.6 Å². The summed E-state index contributed by atoms with van der Waals surface area (Å²) in [6.45, 7) is 2.15. The van der Waals surface area contributed by atoms with Crippen LogP contribution in [-0.2, 0) is 16.0 Å². The maximum atomic E-state index is 10.9. The average molecular weight is 202 g/mol. The molecule has 1 aromatic carbocycles. The Morgan fingerprint density at radius 3 is 2.73 bits per heavy atom. The second-order valence-electron chi connectivity index (χ2n) is 3.01. The quantitative estimate of drug-likeness (QED) is 0.426. The zero-order valence-electron chi connectivity index (χ0n) is 8.82. The molecule has 0 bridgehead atoms. The van der Waals surface area contributed by atoms with Gasteiger partial charge in [-0.3, -0.25) is 0 Å². The standard InChI is InChI=1S/C13H14O2/c1-2-15-13(14)11-7-6-10-12-8-4-3-5-9-12/h3-5,8-9H,2,6,10H2,1H3. The summed E-state index contributed by atoms with van der Waals surface area (Å²) < 4.78 is 4.68. The number of carbonyl (C=O) groups is 1. The molecule has 0 heterocycles. The van der Waals surface area contributed by atoms with E-state index in [4.69, 9.17) is 0 Å². The third-order valence-electron chi connectivity index (χ3n) is 1.85. The third kappa shape index (κ3) is 4.87. The normalized spacial score (nSPS) is 8.87. The SMILES string of the molecule is CCOC(=O)C#CCCc1ccccc1. The molecule has 1 rings (SSSR count). The number of carbonyl (C=O) groups excluding carboxylic acids is 1. The zero-order valence-corrected chi connectivity index (χ0v) is 8.82. The predicted molar refractivity (Wildman–Crippen MR) is 59.2 cm³/mol. The Balaban J connectivity index is 2.30. The molecular formula is C13H14O2. The van der Waals surface area contributed by atoms with E-state index in [1.165, 1.54) is 5.56 Å². The van der Waals surface area contributed by atoms with Gasteiger partial charge in [0.2, 0.25) is 0 Å². The van der Waals surface area contributed by atoms with Crippen molar-refractivity contribution in [3.05, 3.63) is 35.9 Å². The van der Waals surface area contributed by atoms with Crippen molar-refractivity contribution < 1.29 is 9.53 Å². The van der Waals surface area contributed by atoms with Gasteiger partial charge < -0.3 is 4.74 Å². The molecule has 0 saturated carbocycles. The molecule has 0 aliphatic heterocycles. The van der Waals surface area contributed by atoms with Crippen molar-refractivity contribution in [3.8, 4) is 11.8 Å². The first kappa shape index (κ1) is 11.3. The van der Waals surface area contributed by atoms with E-state index >= 15 is 0 Å². The fraction of sp³-hybridized carbons (Fsp3) is 0.308. The van der Waals surface area contributed by atoms with Gasteiger partial charge in [0.25, 0.3) is 0 Å². The summed E-state index contributed by atoms with van der Waals surface area (Å²) in [6, 6.07) is 10.1. The molecule has 78 valence electrons. The fourth-order valence-corrected chi connectivity index (χ4v) is 1.15. The zero-order chi connectivity index (χ0) is 10.9. The van der Waals surface area contributed by atoms with Gasteiger partial charge in [-0.25, -0.2) is 4.79 Å². The van der Waals surface area contributed by atoms with Gasteiger partial charge in [-0.1, -0.05) is 36.3 Å². The molecule has 0 fully saturated rings. The predicted octanol–water partition coefficient (Wildman–Crippen LogP) is 2.19. The molecule has 0 aliphatic rings. The molecule has 2 nitrogen and oxygen atoms in total. The Morgan fingerprint density at radius 2 is 2.07 bits per heavy atom. The van der Waals surface area contributed by atoms with Crippen LogP contribution in [0.5, 0.6) is 0 Å². The largest absolute Gasteiger partial charge is 0.456 e. The van der Waals surface area contributed by atoms with Gasteiger partial charge in [0.1, 0.15) is 0 Å². The summed E-state index contributed by atoms with van der Waals surface area (Å²) in [5, 5.41) is 0.